The first kappa shape index (κ1) is 9.43. The minimum Gasteiger partial charge on any atom is -0.349 e. The average Bonchev–Trinajstić information content (AvgIpc) is 2.75. The van der Waals surface area contributed by atoms with Crippen molar-refractivity contribution in [3.63, 3.8) is 0 Å². The molecule has 14 heavy (non-hydrogen) atoms. The second-order valence-electron chi connectivity index (χ2n) is 3.37. The lowest BCUT2D eigenvalue weighted by Crippen LogP contribution is -2.03. The summed E-state index contributed by atoms with van der Waals surface area (Å²) in [5.74, 6) is 0. The molecule has 4 heteroatoms. The summed E-state index contributed by atoms with van der Waals surface area (Å²) in [7, 11) is 0. The van der Waals surface area contributed by atoms with E-state index in [0.717, 1.165) is 6.54 Å². The SMILES string of the molecule is CC(N)c1ccn(Cc2cncs2)c1. The summed E-state index contributed by atoms with van der Waals surface area (Å²) < 4.78 is 2.13. The van der Waals surface area contributed by atoms with E-state index in [0.29, 0.717) is 0 Å². The van der Waals surface area contributed by atoms with Crippen LogP contribution in [0.4, 0.5) is 0 Å². The summed E-state index contributed by atoms with van der Waals surface area (Å²) in [6, 6.07) is 2.17. The van der Waals surface area contributed by atoms with E-state index in [9.17, 15) is 0 Å². The maximum absolute atomic E-state index is 5.78. The monoisotopic (exact) mass is 207 g/mol. The third-order valence-electron chi connectivity index (χ3n) is 2.12. The maximum Gasteiger partial charge on any atom is 0.0794 e. The quantitative estimate of drug-likeness (QED) is 0.836. The predicted molar refractivity (Wildman–Crippen MR) is 58.3 cm³/mol. The molecule has 2 rings (SSSR count). The van der Waals surface area contributed by atoms with Crippen molar-refractivity contribution >= 4 is 11.3 Å². The van der Waals surface area contributed by atoms with Gasteiger partial charge in [0.2, 0.25) is 0 Å². The third-order valence-corrected chi connectivity index (χ3v) is 2.89. The van der Waals surface area contributed by atoms with E-state index in [1.165, 1.54) is 10.4 Å². The lowest BCUT2D eigenvalue weighted by Gasteiger charge is -2.01. The highest BCUT2D eigenvalue weighted by Crippen LogP contribution is 2.13. The van der Waals surface area contributed by atoms with E-state index in [-0.39, 0.29) is 6.04 Å². The Labute approximate surface area is 87.2 Å². The zero-order chi connectivity index (χ0) is 9.97. The van der Waals surface area contributed by atoms with Gasteiger partial charge < -0.3 is 10.3 Å². The lowest BCUT2D eigenvalue weighted by atomic mass is 10.2. The van der Waals surface area contributed by atoms with Crippen molar-refractivity contribution in [3.8, 4) is 0 Å². The average molecular weight is 207 g/mol. The molecule has 0 amide bonds. The molecule has 0 aliphatic heterocycles. The van der Waals surface area contributed by atoms with Crippen molar-refractivity contribution in [2.45, 2.75) is 19.5 Å². The fourth-order valence-electron chi connectivity index (χ4n) is 1.33. The minimum absolute atomic E-state index is 0.109. The van der Waals surface area contributed by atoms with Gasteiger partial charge in [-0.1, -0.05) is 0 Å². The molecular weight excluding hydrogens is 194 g/mol. The van der Waals surface area contributed by atoms with Crippen LogP contribution in [0, 0.1) is 0 Å². The van der Waals surface area contributed by atoms with Gasteiger partial charge in [-0.3, -0.25) is 4.98 Å². The smallest absolute Gasteiger partial charge is 0.0794 e. The predicted octanol–water partition coefficient (Wildman–Crippen LogP) is 2.01. The number of aromatic nitrogens is 2. The van der Waals surface area contributed by atoms with Gasteiger partial charge in [0.25, 0.3) is 0 Å². The molecule has 2 aromatic heterocycles. The summed E-state index contributed by atoms with van der Waals surface area (Å²) in [4.78, 5) is 5.30. The fraction of sp³-hybridized carbons (Fsp3) is 0.300. The number of nitrogens with zero attached hydrogens (tertiary/aromatic N) is 2. The molecule has 0 bridgehead atoms. The Balaban J connectivity index is 2.11. The van der Waals surface area contributed by atoms with Gasteiger partial charge in [0, 0.05) is 29.5 Å². The van der Waals surface area contributed by atoms with Crippen molar-refractivity contribution in [3.05, 3.63) is 40.6 Å². The summed E-state index contributed by atoms with van der Waals surface area (Å²) in [6.45, 7) is 2.88. The van der Waals surface area contributed by atoms with Gasteiger partial charge in [-0.05, 0) is 18.6 Å². The van der Waals surface area contributed by atoms with Gasteiger partial charge >= 0.3 is 0 Å². The van der Waals surface area contributed by atoms with E-state index in [2.05, 4.69) is 28.0 Å². The highest BCUT2D eigenvalue weighted by Gasteiger charge is 2.02. The van der Waals surface area contributed by atoms with Crippen LogP contribution in [-0.4, -0.2) is 9.55 Å². The van der Waals surface area contributed by atoms with E-state index < -0.39 is 0 Å². The largest absolute Gasteiger partial charge is 0.349 e. The molecule has 1 unspecified atom stereocenters. The molecule has 1 atom stereocenters. The molecule has 2 aromatic rings. The second-order valence-corrected chi connectivity index (χ2v) is 4.34. The zero-order valence-corrected chi connectivity index (χ0v) is 8.87. The zero-order valence-electron chi connectivity index (χ0n) is 8.05. The Hall–Kier alpha value is -1.13. The normalized spacial score (nSPS) is 13.0. The van der Waals surface area contributed by atoms with Crippen LogP contribution in [0.2, 0.25) is 0 Å². The van der Waals surface area contributed by atoms with Gasteiger partial charge in [0.1, 0.15) is 0 Å². The number of thiazole rings is 1. The first-order chi connectivity index (χ1) is 6.75. The van der Waals surface area contributed by atoms with Crippen LogP contribution in [0.5, 0.6) is 0 Å². The maximum atomic E-state index is 5.78. The van der Waals surface area contributed by atoms with E-state index in [4.69, 9.17) is 5.73 Å². The Bertz CT molecular complexity index is 389. The second kappa shape index (κ2) is 3.94. The van der Waals surface area contributed by atoms with Gasteiger partial charge in [-0.2, -0.15) is 0 Å². The Morgan fingerprint density at radius 3 is 3.07 bits per heavy atom. The molecule has 2 heterocycles. The first-order valence-corrected chi connectivity index (χ1v) is 5.42. The number of rotatable bonds is 3. The van der Waals surface area contributed by atoms with Gasteiger partial charge in [0.15, 0.2) is 0 Å². The van der Waals surface area contributed by atoms with Gasteiger partial charge in [-0.25, -0.2) is 0 Å². The molecule has 0 spiro atoms. The molecule has 0 saturated carbocycles. The fourth-order valence-corrected chi connectivity index (χ4v) is 1.93. The van der Waals surface area contributed by atoms with Crippen LogP contribution in [0.25, 0.3) is 0 Å². The van der Waals surface area contributed by atoms with Crippen molar-refractivity contribution < 1.29 is 0 Å². The summed E-state index contributed by atoms with van der Waals surface area (Å²) in [6.07, 6.45) is 6.04. The highest BCUT2D eigenvalue weighted by molar-refractivity contribution is 7.09. The van der Waals surface area contributed by atoms with Gasteiger partial charge in [0.05, 0.1) is 12.1 Å². The molecule has 0 saturated heterocycles. The molecule has 74 valence electrons. The lowest BCUT2D eigenvalue weighted by molar-refractivity contribution is 0.783. The van der Waals surface area contributed by atoms with Crippen molar-refractivity contribution in [1.29, 1.82) is 0 Å². The molecule has 2 N–H and O–H groups in total. The molecule has 0 aliphatic carbocycles. The van der Waals surface area contributed by atoms with E-state index >= 15 is 0 Å². The van der Waals surface area contributed by atoms with Crippen LogP contribution in [0.15, 0.2) is 30.2 Å². The Morgan fingerprint density at radius 2 is 2.50 bits per heavy atom. The van der Waals surface area contributed by atoms with Crippen LogP contribution >= 0.6 is 11.3 Å². The van der Waals surface area contributed by atoms with E-state index in [1.54, 1.807) is 11.3 Å². The Morgan fingerprint density at radius 1 is 1.64 bits per heavy atom. The molecule has 0 aromatic carbocycles. The van der Waals surface area contributed by atoms with Gasteiger partial charge in [-0.15, -0.1) is 11.3 Å². The minimum atomic E-state index is 0.109. The van der Waals surface area contributed by atoms with Crippen molar-refractivity contribution in [2.24, 2.45) is 5.73 Å². The van der Waals surface area contributed by atoms with Crippen LogP contribution < -0.4 is 5.73 Å². The van der Waals surface area contributed by atoms with Crippen molar-refractivity contribution in [1.82, 2.24) is 9.55 Å². The number of hydrogen-bond acceptors (Lipinski definition) is 3. The number of nitrogens with two attached hydrogens (primary N) is 1. The summed E-state index contributed by atoms with van der Waals surface area (Å²) >= 11 is 1.67. The molecule has 0 radical (unpaired) electrons. The molecule has 3 nitrogen and oxygen atoms in total. The standard InChI is InChI=1S/C10H13N3S/c1-8(11)9-2-3-13(5-9)6-10-4-12-7-14-10/h2-5,7-8H,6,11H2,1H3. The topological polar surface area (TPSA) is 43.8 Å². The van der Waals surface area contributed by atoms with Crippen LogP contribution in [-0.2, 0) is 6.54 Å². The highest BCUT2D eigenvalue weighted by atomic mass is 32.1. The van der Waals surface area contributed by atoms with Crippen molar-refractivity contribution in [2.75, 3.05) is 0 Å². The summed E-state index contributed by atoms with van der Waals surface area (Å²) in [5, 5.41) is 0. The first-order valence-electron chi connectivity index (χ1n) is 4.54. The van der Waals surface area contributed by atoms with Crippen LogP contribution in [0.3, 0.4) is 0 Å². The summed E-state index contributed by atoms with van der Waals surface area (Å²) in [5.41, 5.74) is 8.81. The molecule has 0 fully saturated rings. The van der Waals surface area contributed by atoms with Crippen LogP contribution in [0.1, 0.15) is 23.4 Å². The molecular formula is C10H13N3S. The molecule has 0 aliphatic rings. The van der Waals surface area contributed by atoms with E-state index in [1.807, 2.05) is 18.6 Å². The third kappa shape index (κ3) is 2.02. The number of hydrogen-bond donors (Lipinski definition) is 1. The Kier molecular flexibility index (Phi) is 2.65.